The number of hydrogen-bond donors (Lipinski definition) is 0. The maximum Gasteiger partial charge on any atom is 0.331 e. The van der Waals surface area contributed by atoms with Crippen LogP contribution in [0.25, 0.3) is 0 Å². The molecule has 7 heteroatoms. The fourth-order valence-corrected chi connectivity index (χ4v) is 1.22. The van der Waals surface area contributed by atoms with Gasteiger partial charge in [0.1, 0.15) is 0 Å². The first-order chi connectivity index (χ1) is 7.45. The summed E-state index contributed by atoms with van der Waals surface area (Å²) < 4.78 is 6.95. The first kappa shape index (κ1) is 15.8. The lowest BCUT2D eigenvalue weighted by atomic mass is 10.3. The van der Waals surface area contributed by atoms with Gasteiger partial charge in [0.2, 0.25) is 0 Å². The van der Waals surface area contributed by atoms with Crippen LogP contribution in [0.4, 0.5) is 0 Å². The lowest BCUT2D eigenvalue weighted by Gasteiger charge is -2.21. The summed E-state index contributed by atoms with van der Waals surface area (Å²) in [5.74, 6) is -0.815. The van der Waals surface area contributed by atoms with Gasteiger partial charge in [-0.05, 0) is 6.42 Å². The van der Waals surface area contributed by atoms with Crippen LogP contribution in [0.5, 0.6) is 0 Å². The minimum Gasteiger partial charge on any atom is -0.464 e. The summed E-state index contributed by atoms with van der Waals surface area (Å²) in [5.41, 5.74) is 0. The Hall–Kier alpha value is -0.190. The second-order valence-corrected chi connectivity index (χ2v) is 4.77. The van der Waals surface area contributed by atoms with Gasteiger partial charge in [-0.25, -0.2) is 0 Å². The van der Waals surface area contributed by atoms with E-state index in [4.69, 9.17) is 39.5 Å². The quantitative estimate of drug-likeness (QED) is 0.298. The molecule has 0 saturated heterocycles. The minimum atomic E-state index is -2.11. The number of halogens is 3. The second-order valence-electron chi connectivity index (χ2n) is 3.01. The fourth-order valence-electron chi connectivity index (χ4n) is 0.859. The molecular weight excluding hydrogens is 278 g/mol. The Morgan fingerprint density at radius 3 is 2.56 bits per heavy atom. The SMILES string of the molecule is CCCCCOC(=O)C(Cl)C(Cl)(Cl)OC=O. The molecule has 0 spiro atoms. The van der Waals surface area contributed by atoms with Crippen LogP contribution >= 0.6 is 34.8 Å². The van der Waals surface area contributed by atoms with E-state index in [0.29, 0.717) is 0 Å². The van der Waals surface area contributed by atoms with Crippen molar-refractivity contribution >= 4 is 47.2 Å². The predicted octanol–water partition coefficient (Wildman–Crippen LogP) is 2.63. The average molecular weight is 292 g/mol. The van der Waals surface area contributed by atoms with Crippen LogP contribution in [-0.2, 0) is 19.1 Å². The van der Waals surface area contributed by atoms with E-state index in [1.165, 1.54) is 0 Å². The first-order valence-corrected chi connectivity index (χ1v) is 5.95. The zero-order valence-electron chi connectivity index (χ0n) is 8.75. The molecule has 0 aromatic carbocycles. The number of carbonyl (C=O) groups excluding carboxylic acids is 2. The van der Waals surface area contributed by atoms with Crippen LogP contribution in [0.2, 0.25) is 0 Å². The number of hydrogen-bond acceptors (Lipinski definition) is 4. The molecular formula is C9H13Cl3O4. The molecule has 1 unspecified atom stereocenters. The normalized spacial score (nSPS) is 13.0. The van der Waals surface area contributed by atoms with E-state index in [9.17, 15) is 9.59 Å². The molecule has 94 valence electrons. The number of rotatable bonds is 8. The van der Waals surface area contributed by atoms with Crippen molar-refractivity contribution in [1.29, 1.82) is 0 Å². The van der Waals surface area contributed by atoms with Crippen molar-refractivity contribution < 1.29 is 19.1 Å². The number of unbranched alkanes of at least 4 members (excludes halogenated alkanes) is 2. The van der Waals surface area contributed by atoms with Gasteiger partial charge in [0, 0.05) is 0 Å². The summed E-state index contributed by atoms with van der Waals surface area (Å²) >= 11 is 16.6. The highest BCUT2D eigenvalue weighted by Crippen LogP contribution is 2.31. The van der Waals surface area contributed by atoms with Gasteiger partial charge in [-0.1, -0.05) is 43.0 Å². The van der Waals surface area contributed by atoms with Gasteiger partial charge in [0.25, 0.3) is 11.0 Å². The van der Waals surface area contributed by atoms with Gasteiger partial charge >= 0.3 is 5.97 Å². The van der Waals surface area contributed by atoms with Crippen molar-refractivity contribution in [3.63, 3.8) is 0 Å². The van der Waals surface area contributed by atoms with Gasteiger partial charge in [-0.15, -0.1) is 11.6 Å². The average Bonchev–Trinajstić information content (AvgIpc) is 2.23. The number of ether oxygens (including phenoxy) is 2. The molecule has 0 aromatic rings. The third kappa shape index (κ3) is 5.77. The largest absolute Gasteiger partial charge is 0.464 e. The molecule has 0 bridgehead atoms. The summed E-state index contributed by atoms with van der Waals surface area (Å²) in [5, 5.41) is -1.46. The van der Waals surface area contributed by atoms with Gasteiger partial charge in [0.05, 0.1) is 6.61 Å². The Morgan fingerprint density at radius 1 is 1.44 bits per heavy atom. The number of esters is 1. The van der Waals surface area contributed by atoms with Crippen molar-refractivity contribution in [2.24, 2.45) is 0 Å². The van der Waals surface area contributed by atoms with Gasteiger partial charge in [-0.2, -0.15) is 0 Å². The lowest BCUT2D eigenvalue weighted by Crippen LogP contribution is -2.37. The van der Waals surface area contributed by atoms with Crippen LogP contribution in [0.15, 0.2) is 0 Å². The van der Waals surface area contributed by atoms with Crippen LogP contribution in [-0.4, -0.2) is 28.9 Å². The molecule has 0 heterocycles. The molecule has 0 amide bonds. The molecule has 0 aliphatic heterocycles. The Balaban J connectivity index is 4.02. The Bertz CT molecular complexity index is 233. The van der Waals surface area contributed by atoms with Crippen molar-refractivity contribution in [2.75, 3.05) is 6.61 Å². The van der Waals surface area contributed by atoms with Crippen LogP contribution in [0, 0.1) is 0 Å². The molecule has 0 fully saturated rings. The fraction of sp³-hybridized carbons (Fsp3) is 0.778. The Morgan fingerprint density at radius 2 is 2.06 bits per heavy atom. The zero-order chi connectivity index (χ0) is 12.6. The summed E-state index contributed by atoms with van der Waals surface area (Å²) in [7, 11) is 0. The topological polar surface area (TPSA) is 52.6 Å². The highest BCUT2D eigenvalue weighted by atomic mass is 35.5. The van der Waals surface area contributed by atoms with E-state index in [1.807, 2.05) is 6.92 Å². The smallest absolute Gasteiger partial charge is 0.331 e. The number of carbonyl (C=O) groups is 2. The third-order valence-corrected chi connectivity index (χ3v) is 3.02. The Kier molecular flexibility index (Phi) is 7.89. The molecule has 0 aromatic heterocycles. The molecule has 0 radical (unpaired) electrons. The minimum absolute atomic E-state index is 0.0136. The second kappa shape index (κ2) is 7.98. The highest BCUT2D eigenvalue weighted by molar-refractivity contribution is 6.54. The molecule has 0 aliphatic carbocycles. The predicted molar refractivity (Wildman–Crippen MR) is 61.7 cm³/mol. The first-order valence-electron chi connectivity index (χ1n) is 4.75. The zero-order valence-corrected chi connectivity index (χ0v) is 11.0. The van der Waals surface area contributed by atoms with Gasteiger partial charge in [0.15, 0.2) is 5.38 Å². The summed E-state index contributed by atoms with van der Waals surface area (Å²) in [6.45, 7) is 2.27. The standard InChI is InChI=1S/C9H13Cl3O4/c1-2-3-4-5-15-8(14)7(10)9(11,12)16-6-13/h6-7H,2-5H2,1H3. The Labute approximate surface area is 109 Å². The number of alkyl halides is 3. The lowest BCUT2D eigenvalue weighted by molar-refractivity contribution is -0.147. The maximum absolute atomic E-state index is 11.3. The van der Waals surface area contributed by atoms with Gasteiger partial charge in [-0.3, -0.25) is 9.59 Å². The van der Waals surface area contributed by atoms with Crippen molar-refractivity contribution in [2.45, 2.75) is 36.1 Å². The molecule has 16 heavy (non-hydrogen) atoms. The molecule has 0 aliphatic rings. The van der Waals surface area contributed by atoms with Crippen molar-refractivity contribution in [3.8, 4) is 0 Å². The third-order valence-electron chi connectivity index (χ3n) is 1.70. The van der Waals surface area contributed by atoms with E-state index in [0.717, 1.165) is 19.3 Å². The summed E-state index contributed by atoms with van der Waals surface area (Å²) in [4.78, 5) is 21.4. The van der Waals surface area contributed by atoms with Crippen LogP contribution in [0.3, 0.4) is 0 Å². The molecule has 4 nitrogen and oxygen atoms in total. The van der Waals surface area contributed by atoms with E-state index in [1.54, 1.807) is 0 Å². The maximum atomic E-state index is 11.3. The van der Waals surface area contributed by atoms with E-state index >= 15 is 0 Å². The van der Waals surface area contributed by atoms with Crippen LogP contribution in [0.1, 0.15) is 26.2 Å². The molecule has 0 saturated carbocycles. The molecule has 0 rings (SSSR count). The van der Waals surface area contributed by atoms with Crippen molar-refractivity contribution in [3.05, 3.63) is 0 Å². The summed E-state index contributed by atoms with van der Waals surface area (Å²) in [6, 6.07) is 0. The molecule has 1 atom stereocenters. The van der Waals surface area contributed by atoms with E-state index in [-0.39, 0.29) is 13.1 Å². The highest BCUT2D eigenvalue weighted by Gasteiger charge is 2.42. The summed E-state index contributed by atoms with van der Waals surface area (Å²) in [6.07, 6.45) is 2.68. The monoisotopic (exact) mass is 290 g/mol. The molecule has 0 N–H and O–H groups in total. The van der Waals surface area contributed by atoms with Crippen molar-refractivity contribution in [1.82, 2.24) is 0 Å². The van der Waals surface area contributed by atoms with E-state index < -0.39 is 15.9 Å². The van der Waals surface area contributed by atoms with E-state index in [2.05, 4.69) is 4.74 Å². The van der Waals surface area contributed by atoms with Gasteiger partial charge < -0.3 is 9.47 Å². The van der Waals surface area contributed by atoms with Crippen LogP contribution < -0.4 is 0 Å².